The van der Waals surface area contributed by atoms with Crippen LogP contribution in [-0.2, 0) is 66.4 Å². The molecule has 0 aliphatic carbocycles. The molecule has 0 amide bonds. The van der Waals surface area contributed by atoms with Gasteiger partial charge in [-0.05, 0) is 27.2 Å². The minimum atomic E-state index is -0.510. The average molecular weight is 701 g/mol. The van der Waals surface area contributed by atoms with Crippen molar-refractivity contribution >= 4 is 5.97 Å². The summed E-state index contributed by atoms with van der Waals surface area (Å²) in [6.45, 7) is 19.4. The first kappa shape index (κ1) is 47.0. The van der Waals surface area contributed by atoms with E-state index in [4.69, 9.17) is 61.6 Å². The van der Waals surface area contributed by atoms with Crippen molar-refractivity contribution in [2.24, 2.45) is 0 Å². The lowest BCUT2D eigenvalue weighted by Gasteiger charge is -2.19. The Bertz CT molecular complexity index is 635. The van der Waals surface area contributed by atoms with Gasteiger partial charge in [-0.3, -0.25) is 0 Å². The van der Waals surface area contributed by atoms with E-state index in [9.17, 15) is 4.79 Å². The number of hydrogen-bond donors (Lipinski definition) is 0. The van der Waals surface area contributed by atoms with Crippen LogP contribution in [0, 0.1) is 0 Å². The van der Waals surface area contributed by atoms with E-state index in [0.29, 0.717) is 145 Å². The lowest BCUT2D eigenvalue weighted by molar-refractivity contribution is -0.160. The van der Waals surface area contributed by atoms with Gasteiger partial charge in [-0.1, -0.05) is 26.2 Å². The summed E-state index contributed by atoms with van der Waals surface area (Å²) in [4.78, 5) is 11.5. The molecule has 0 heterocycles. The molecular formula is C34H68O14. The summed E-state index contributed by atoms with van der Waals surface area (Å²) in [6, 6.07) is 0. The van der Waals surface area contributed by atoms with Gasteiger partial charge >= 0.3 is 5.97 Å². The zero-order chi connectivity index (χ0) is 35.1. The van der Waals surface area contributed by atoms with Gasteiger partial charge in [0.25, 0.3) is 0 Å². The van der Waals surface area contributed by atoms with Gasteiger partial charge in [0.2, 0.25) is 0 Å². The molecule has 0 saturated heterocycles. The fourth-order valence-corrected chi connectivity index (χ4v) is 3.58. The van der Waals surface area contributed by atoms with E-state index in [1.807, 2.05) is 20.8 Å². The summed E-state index contributed by atoms with van der Waals surface area (Å²) in [7, 11) is 0. The van der Waals surface area contributed by atoms with Crippen LogP contribution in [0.1, 0.15) is 53.4 Å². The first-order valence-corrected chi connectivity index (χ1v) is 17.6. The highest BCUT2D eigenvalue weighted by molar-refractivity contribution is 5.71. The zero-order valence-corrected chi connectivity index (χ0v) is 30.5. The molecule has 0 aromatic heterocycles. The van der Waals surface area contributed by atoms with Crippen LogP contribution in [0.4, 0.5) is 0 Å². The molecule has 0 radical (unpaired) electrons. The van der Waals surface area contributed by atoms with E-state index in [0.717, 1.165) is 13.0 Å². The van der Waals surface area contributed by atoms with Crippen LogP contribution in [0.25, 0.3) is 0 Å². The number of ether oxygens (including phenoxy) is 13. The fraction of sp³-hybridized carbons (Fsp3) is 0.971. The van der Waals surface area contributed by atoms with Crippen LogP contribution < -0.4 is 0 Å². The molecule has 0 aromatic carbocycles. The Morgan fingerprint density at radius 1 is 0.354 bits per heavy atom. The van der Waals surface area contributed by atoms with Gasteiger partial charge in [0, 0.05) is 6.61 Å². The Morgan fingerprint density at radius 3 is 0.854 bits per heavy atom. The number of carbonyl (C=O) groups is 1. The molecule has 0 saturated carbocycles. The normalized spacial score (nSPS) is 11.8. The highest BCUT2D eigenvalue weighted by atomic mass is 16.6. The molecule has 0 N–H and O–H groups in total. The molecule has 48 heavy (non-hydrogen) atoms. The van der Waals surface area contributed by atoms with E-state index >= 15 is 0 Å². The molecule has 0 unspecified atom stereocenters. The van der Waals surface area contributed by atoms with Crippen molar-refractivity contribution in [3.05, 3.63) is 0 Å². The summed E-state index contributed by atoms with van der Waals surface area (Å²) < 4.78 is 70.5. The molecular weight excluding hydrogens is 632 g/mol. The van der Waals surface area contributed by atoms with Gasteiger partial charge in [0.15, 0.2) is 0 Å². The van der Waals surface area contributed by atoms with Crippen LogP contribution in [0.5, 0.6) is 0 Å². The Kier molecular flexibility index (Phi) is 38.0. The van der Waals surface area contributed by atoms with Crippen LogP contribution >= 0.6 is 0 Å². The number of hydrogen-bond acceptors (Lipinski definition) is 14. The predicted molar refractivity (Wildman–Crippen MR) is 180 cm³/mol. The zero-order valence-electron chi connectivity index (χ0n) is 30.5. The summed E-state index contributed by atoms with van der Waals surface area (Å²) in [5.41, 5.74) is -0.510. The first-order chi connectivity index (χ1) is 23.5. The smallest absolute Gasteiger partial charge is 0.332 e. The molecule has 0 bridgehead atoms. The maximum absolute atomic E-state index is 11.5. The third kappa shape index (κ3) is 43.0. The van der Waals surface area contributed by atoms with Crippen LogP contribution in [0.3, 0.4) is 0 Å². The van der Waals surface area contributed by atoms with Crippen molar-refractivity contribution in [2.75, 3.05) is 159 Å². The van der Waals surface area contributed by atoms with Gasteiger partial charge in [-0.15, -0.1) is 0 Å². The number of carbonyl (C=O) groups excluding carboxylic acids is 1. The van der Waals surface area contributed by atoms with E-state index in [1.165, 1.54) is 19.3 Å². The standard InChI is InChI=1S/C34H68O14/c1-5-6-7-8-9-36-10-11-37-12-13-38-14-15-39-16-17-40-18-19-41-20-21-42-22-23-43-24-25-44-26-27-45-28-29-46-30-31-47-32-33(35)48-34(2,3)4/h5-32H2,1-4H3. The van der Waals surface area contributed by atoms with Crippen molar-refractivity contribution < 1.29 is 66.4 Å². The van der Waals surface area contributed by atoms with Crippen molar-refractivity contribution in [3.8, 4) is 0 Å². The summed E-state index contributed by atoms with van der Waals surface area (Å²) >= 11 is 0. The predicted octanol–water partition coefficient (Wildman–Crippen LogP) is 3.11. The van der Waals surface area contributed by atoms with Gasteiger partial charge < -0.3 is 61.6 Å². The van der Waals surface area contributed by atoms with E-state index in [1.54, 1.807) is 0 Å². The Morgan fingerprint density at radius 2 is 0.604 bits per heavy atom. The number of unbranched alkanes of at least 4 members (excludes halogenated alkanes) is 3. The van der Waals surface area contributed by atoms with Crippen LogP contribution in [0.2, 0.25) is 0 Å². The van der Waals surface area contributed by atoms with Gasteiger partial charge in [0.1, 0.15) is 12.2 Å². The summed E-state index contributed by atoms with van der Waals surface area (Å²) in [6.07, 6.45) is 4.88. The minimum Gasteiger partial charge on any atom is -0.458 e. The average Bonchev–Trinajstić information content (AvgIpc) is 3.05. The molecule has 0 aromatic rings. The van der Waals surface area contributed by atoms with Crippen molar-refractivity contribution in [3.63, 3.8) is 0 Å². The van der Waals surface area contributed by atoms with Gasteiger partial charge in [0.05, 0.1) is 145 Å². The Hall–Kier alpha value is -1.01. The quantitative estimate of drug-likeness (QED) is 0.0684. The van der Waals surface area contributed by atoms with Crippen molar-refractivity contribution in [1.29, 1.82) is 0 Å². The SMILES string of the molecule is CCCCCCOCCOCCOCCOCCOCCOCCOCCOCCOCCOCCOCCOCC(=O)OC(C)(C)C. The summed E-state index contributed by atoms with van der Waals surface area (Å²) in [5.74, 6) is -0.386. The Balaban J connectivity index is 3.09. The Labute approximate surface area is 289 Å². The number of rotatable bonds is 40. The maximum Gasteiger partial charge on any atom is 0.332 e. The molecule has 0 spiro atoms. The second kappa shape index (κ2) is 38.8. The molecule has 288 valence electrons. The van der Waals surface area contributed by atoms with Gasteiger partial charge in [-0.2, -0.15) is 0 Å². The fourth-order valence-electron chi connectivity index (χ4n) is 3.58. The highest BCUT2D eigenvalue weighted by Gasteiger charge is 2.15. The highest BCUT2D eigenvalue weighted by Crippen LogP contribution is 2.06. The topological polar surface area (TPSA) is 137 Å². The molecule has 14 heteroatoms. The third-order valence-corrected chi connectivity index (χ3v) is 5.87. The third-order valence-electron chi connectivity index (χ3n) is 5.87. The van der Waals surface area contributed by atoms with Crippen LogP contribution in [0.15, 0.2) is 0 Å². The summed E-state index contributed by atoms with van der Waals surface area (Å²) in [5, 5.41) is 0. The van der Waals surface area contributed by atoms with Crippen LogP contribution in [-0.4, -0.2) is 170 Å². The maximum atomic E-state index is 11.5. The van der Waals surface area contributed by atoms with E-state index in [-0.39, 0.29) is 12.6 Å². The first-order valence-electron chi connectivity index (χ1n) is 17.6. The molecule has 0 fully saturated rings. The monoisotopic (exact) mass is 700 g/mol. The molecule has 0 atom stereocenters. The van der Waals surface area contributed by atoms with E-state index in [2.05, 4.69) is 6.92 Å². The molecule has 0 rings (SSSR count). The lowest BCUT2D eigenvalue weighted by Crippen LogP contribution is -2.27. The van der Waals surface area contributed by atoms with Gasteiger partial charge in [-0.25, -0.2) is 4.79 Å². The molecule has 0 aliphatic rings. The minimum absolute atomic E-state index is 0.0823. The number of esters is 1. The van der Waals surface area contributed by atoms with E-state index < -0.39 is 5.60 Å². The largest absolute Gasteiger partial charge is 0.458 e. The molecule has 14 nitrogen and oxygen atoms in total. The molecule has 0 aliphatic heterocycles. The van der Waals surface area contributed by atoms with Crippen molar-refractivity contribution in [2.45, 2.75) is 59.0 Å². The second-order valence-corrected chi connectivity index (χ2v) is 11.4. The second-order valence-electron chi connectivity index (χ2n) is 11.4. The van der Waals surface area contributed by atoms with Crippen molar-refractivity contribution in [1.82, 2.24) is 0 Å². The lowest BCUT2D eigenvalue weighted by atomic mass is 10.2.